The highest BCUT2D eigenvalue weighted by molar-refractivity contribution is 7.15. The highest BCUT2D eigenvalue weighted by atomic mass is 32.1. The fourth-order valence-electron chi connectivity index (χ4n) is 2.37. The van der Waals surface area contributed by atoms with Crippen LogP contribution >= 0.6 is 11.3 Å². The lowest BCUT2D eigenvalue weighted by atomic mass is 10.1. The van der Waals surface area contributed by atoms with Crippen LogP contribution in [0.1, 0.15) is 34.8 Å². The SMILES string of the molecule is CC(C)Cc1nnc(NC(=O)c2cccc(OCc3ccccc3)c2)s1. The van der Waals surface area contributed by atoms with Crippen molar-refractivity contribution in [3.05, 3.63) is 70.7 Å². The third-order valence-electron chi connectivity index (χ3n) is 3.61. The molecule has 5 nitrogen and oxygen atoms in total. The van der Waals surface area contributed by atoms with Crippen molar-refractivity contribution in [2.24, 2.45) is 5.92 Å². The number of benzene rings is 2. The van der Waals surface area contributed by atoms with E-state index in [1.807, 2.05) is 36.4 Å². The maximum atomic E-state index is 12.4. The Morgan fingerprint density at radius 2 is 1.92 bits per heavy atom. The van der Waals surface area contributed by atoms with Crippen molar-refractivity contribution in [2.45, 2.75) is 26.9 Å². The highest BCUT2D eigenvalue weighted by Crippen LogP contribution is 2.20. The molecule has 0 unspecified atom stereocenters. The molecule has 6 heteroatoms. The summed E-state index contributed by atoms with van der Waals surface area (Å²) in [6.07, 6.45) is 0.857. The first-order chi connectivity index (χ1) is 12.6. The monoisotopic (exact) mass is 367 g/mol. The molecule has 1 heterocycles. The molecule has 0 aliphatic carbocycles. The molecule has 0 saturated carbocycles. The van der Waals surface area contributed by atoms with Crippen molar-refractivity contribution >= 4 is 22.4 Å². The van der Waals surface area contributed by atoms with Gasteiger partial charge in [-0.15, -0.1) is 10.2 Å². The molecule has 3 rings (SSSR count). The van der Waals surface area contributed by atoms with E-state index in [1.54, 1.807) is 18.2 Å². The summed E-state index contributed by atoms with van der Waals surface area (Å²) in [5.41, 5.74) is 1.60. The van der Waals surface area contributed by atoms with Crippen LogP contribution in [0.3, 0.4) is 0 Å². The molecule has 2 aromatic carbocycles. The lowest BCUT2D eigenvalue weighted by Crippen LogP contribution is -2.11. The standard InChI is InChI=1S/C20H21N3O2S/c1-14(2)11-18-22-23-20(26-18)21-19(24)16-9-6-10-17(12-16)25-13-15-7-4-3-5-8-15/h3-10,12,14H,11,13H2,1-2H3,(H,21,23,24). The Bertz CT molecular complexity index is 862. The van der Waals surface area contributed by atoms with Crippen LogP contribution < -0.4 is 10.1 Å². The number of amides is 1. The number of carbonyl (C=O) groups is 1. The number of anilines is 1. The number of aromatic nitrogens is 2. The summed E-state index contributed by atoms with van der Waals surface area (Å²) in [4.78, 5) is 12.4. The molecule has 1 amide bonds. The van der Waals surface area contributed by atoms with Gasteiger partial charge in [0.2, 0.25) is 5.13 Å². The van der Waals surface area contributed by atoms with Gasteiger partial charge in [-0.25, -0.2) is 0 Å². The molecule has 0 aliphatic heterocycles. The van der Waals surface area contributed by atoms with E-state index in [4.69, 9.17) is 4.74 Å². The lowest BCUT2D eigenvalue weighted by Gasteiger charge is -2.08. The quantitative estimate of drug-likeness (QED) is 0.664. The number of nitrogens with one attached hydrogen (secondary N) is 1. The summed E-state index contributed by atoms with van der Waals surface area (Å²) in [5, 5.41) is 12.4. The van der Waals surface area contributed by atoms with Gasteiger partial charge in [0, 0.05) is 12.0 Å². The molecule has 0 spiro atoms. The van der Waals surface area contributed by atoms with E-state index in [9.17, 15) is 4.79 Å². The van der Waals surface area contributed by atoms with Crippen molar-refractivity contribution < 1.29 is 9.53 Å². The van der Waals surface area contributed by atoms with Crippen LogP contribution in [0.15, 0.2) is 54.6 Å². The Labute approximate surface area is 157 Å². The third kappa shape index (κ3) is 5.13. The van der Waals surface area contributed by atoms with E-state index >= 15 is 0 Å². The number of hydrogen-bond acceptors (Lipinski definition) is 5. The van der Waals surface area contributed by atoms with Crippen molar-refractivity contribution in [1.82, 2.24) is 10.2 Å². The van der Waals surface area contributed by atoms with Crippen LogP contribution in [0.5, 0.6) is 5.75 Å². The first-order valence-corrected chi connectivity index (χ1v) is 9.32. The Kier molecular flexibility index (Phi) is 5.96. The molecule has 0 saturated heterocycles. The normalized spacial score (nSPS) is 10.7. The summed E-state index contributed by atoms with van der Waals surface area (Å²) < 4.78 is 5.78. The molecule has 0 atom stereocenters. The zero-order valence-electron chi connectivity index (χ0n) is 14.8. The maximum absolute atomic E-state index is 12.4. The smallest absolute Gasteiger partial charge is 0.257 e. The highest BCUT2D eigenvalue weighted by Gasteiger charge is 2.12. The van der Waals surface area contributed by atoms with Crippen LogP contribution in [-0.2, 0) is 13.0 Å². The van der Waals surface area contributed by atoms with Gasteiger partial charge in [0.15, 0.2) is 0 Å². The predicted molar refractivity (Wildman–Crippen MR) is 104 cm³/mol. The van der Waals surface area contributed by atoms with Crippen molar-refractivity contribution in [3.63, 3.8) is 0 Å². The van der Waals surface area contributed by atoms with Gasteiger partial charge in [-0.1, -0.05) is 61.6 Å². The largest absolute Gasteiger partial charge is 0.489 e. The molecule has 134 valence electrons. The first kappa shape index (κ1) is 18.1. The topological polar surface area (TPSA) is 64.1 Å². The van der Waals surface area contributed by atoms with E-state index < -0.39 is 0 Å². The molecule has 0 radical (unpaired) electrons. The zero-order chi connectivity index (χ0) is 18.4. The van der Waals surface area contributed by atoms with E-state index in [0.717, 1.165) is 17.0 Å². The number of carbonyl (C=O) groups excluding carboxylic acids is 1. The van der Waals surface area contributed by atoms with Gasteiger partial charge < -0.3 is 4.74 Å². The van der Waals surface area contributed by atoms with Gasteiger partial charge >= 0.3 is 0 Å². The van der Waals surface area contributed by atoms with Gasteiger partial charge in [0.25, 0.3) is 5.91 Å². The summed E-state index contributed by atoms with van der Waals surface area (Å²) in [6, 6.07) is 17.0. The minimum Gasteiger partial charge on any atom is -0.489 e. The Balaban J connectivity index is 1.61. The first-order valence-electron chi connectivity index (χ1n) is 8.50. The van der Waals surface area contributed by atoms with E-state index in [-0.39, 0.29) is 5.91 Å². The molecule has 3 aromatic rings. The molecule has 1 aromatic heterocycles. The molecule has 1 N–H and O–H groups in total. The van der Waals surface area contributed by atoms with Gasteiger partial charge in [-0.3, -0.25) is 10.1 Å². The van der Waals surface area contributed by atoms with Crippen LogP contribution in [0, 0.1) is 5.92 Å². The van der Waals surface area contributed by atoms with Crippen molar-refractivity contribution in [3.8, 4) is 5.75 Å². The molecule has 26 heavy (non-hydrogen) atoms. The van der Waals surface area contributed by atoms with Gasteiger partial charge in [-0.05, 0) is 29.7 Å². The van der Waals surface area contributed by atoms with Crippen molar-refractivity contribution in [2.75, 3.05) is 5.32 Å². The number of ether oxygens (including phenoxy) is 1. The maximum Gasteiger partial charge on any atom is 0.257 e. The van der Waals surface area contributed by atoms with E-state index in [2.05, 4.69) is 29.4 Å². The second-order valence-electron chi connectivity index (χ2n) is 6.36. The minimum absolute atomic E-state index is 0.220. The predicted octanol–water partition coefficient (Wildman–Crippen LogP) is 4.57. The number of rotatable bonds is 7. The summed E-state index contributed by atoms with van der Waals surface area (Å²) in [6.45, 7) is 4.71. The van der Waals surface area contributed by atoms with Gasteiger partial charge in [0.1, 0.15) is 17.4 Å². The third-order valence-corrected chi connectivity index (χ3v) is 4.48. The second-order valence-corrected chi connectivity index (χ2v) is 7.42. The average Bonchev–Trinajstić information content (AvgIpc) is 3.07. The Hall–Kier alpha value is -2.73. The second kappa shape index (κ2) is 8.58. The lowest BCUT2D eigenvalue weighted by molar-refractivity contribution is 0.102. The van der Waals surface area contributed by atoms with Gasteiger partial charge in [0.05, 0.1) is 0 Å². The van der Waals surface area contributed by atoms with Crippen molar-refractivity contribution in [1.29, 1.82) is 0 Å². The van der Waals surface area contributed by atoms with Gasteiger partial charge in [-0.2, -0.15) is 0 Å². The van der Waals surface area contributed by atoms with Crippen LogP contribution in [0.4, 0.5) is 5.13 Å². The summed E-state index contributed by atoms with van der Waals surface area (Å²) in [5.74, 6) is 0.937. The zero-order valence-corrected chi connectivity index (χ0v) is 15.6. The van der Waals surface area contributed by atoms with Crippen LogP contribution in [-0.4, -0.2) is 16.1 Å². The number of hydrogen-bond donors (Lipinski definition) is 1. The fourth-order valence-corrected chi connectivity index (χ4v) is 3.32. The molecular weight excluding hydrogens is 346 g/mol. The molecular formula is C20H21N3O2S. The summed E-state index contributed by atoms with van der Waals surface area (Å²) in [7, 11) is 0. The molecule has 0 bridgehead atoms. The average molecular weight is 367 g/mol. The number of nitrogens with zero attached hydrogens (tertiary/aromatic N) is 2. The molecule has 0 fully saturated rings. The summed E-state index contributed by atoms with van der Waals surface area (Å²) >= 11 is 1.41. The van der Waals surface area contributed by atoms with E-state index in [1.165, 1.54) is 11.3 Å². The van der Waals surface area contributed by atoms with Crippen LogP contribution in [0.2, 0.25) is 0 Å². The van der Waals surface area contributed by atoms with E-state index in [0.29, 0.717) is 29.0 Å². The Morgan fingerprint density at radius 3 is 2.69 bits per heavy atom. The molecule has 0 aliphatic rings. The fraction of sp³-hybridized carbons (Fsp3) is 0.250. The van der Waals surface area contributed by atoms with Crippen LogP contribution in [0.25, 0.3) is 0 Å². The minimum atomic E-state index is -0.220. The Morgan fingerprint density at radius 1 is 1.12 bits per heavy atom.